The van der Waals surface area contributed by atoms with Crippen LogP contribution in [-0.4, -0.2) is 48.8 Å². The predicted molar refractivity (Wildman–Crippen MR) is 149 cm³/mol. The van der Waals surface area contributed by atoms with E-state index < -0.39 is 0 Å². The van der Waals surface area contributed by atoms with Crippen molar-refractivity contribution in [2.24, 2.45) is 4.99 Å². The van der Waals surface area contributed by atoms with Crippen LogP contribution in [0.1, 0.15) is 11.1 Å². The van der Waals surface area contributed by atoms with Crippen LogP contribution in [0.3, 0.4) is 0 Å². The minimum Gasteiger partial charge on any atom is -0.497 e. The summed E-state index contributed by atoms with van der Waals surface area (Å²) in [7, 11) is 4.82. The molecule has 37 heavy (non-hydrogen) atoms. The number of thioether (sulfide) groups is 1. The Kier molecular flexibility index (Phi) is 7.18. The first-order valence-electron chi connectivity index (χ1n) is 11.8. The third kappa shape index (κ3) is 5.20. The molecule has 5 rings (SSSR count). The fourth-order valence-electron chi connectivity index (χ4n) is 4.22. The van der Waals surface area contributed by atoms with Crippen LogP contribution in [0.2, 0.25) is 0 Å². The van der Waals surface area contributed by atoms with E-state index in [1.807, 2.05) is 66.9 Å². The number of para-hydroxylation sites is 1. The van der Waals surface area contributed by atoms with Crippen molar-refractivity contribution < 1.29 is 19.0 Å². The van der Waals surface area contributed by atoms with Crippen molar-refractivity contribution in [2.45, 2.75) is 6.42 Å². The Hall–Kier alpha value is -4.17. The van der Waals surface area contributed by atoms with E-state index in [0.29, 0.717) is 34.5 Å². The van der Waals surface area contributed by atoms with Crippen LogP contribution in [0.25, 0.3) is 17.0 Å². The average Bonchev–Trinajstić information content (AvgIpc) is 3.48. The number of aromatic nitrogens is 1. The summed E-state index contributed by atoms with van der Waals surface area (Å²) in [6.45, 7) is 0.506. The lowest BCUT2D eigenvalue weighted by Gasteiger charge is -2.15. The summed E-state index contributed by atoms with van der Waals surface area (Å²) in [5.41, 5.74) is 3.84. The van der Waals surface area contributed by atoms with Crippen LogP contribution in [-0.2, 0) is 11.2 Å². The molecule has 1 N–H and O–H groups in total. The van der Waals surface area contributed by atoms with Gasteiger partial charge in [0.2, 0.25) is 0 Å². The summed E-state index contributed by atoms with van der Waals surface area (Å²) < 4.78 is 16.0. The van der Waals surface area contributed by atoms with Gasteiger partial charge in [0.15, 0.2) is 16.7 Å². The fraction of sp³-hybridized carbons (Fsp3) is 0.172. The molecule has 0 atom stereocenters. The molecule has 0 saturated carbocycles. The molecule has 0 unspecified atom stereocenters. The molecule has 1 aliphatic rings. The second kappa shape index (κ2) is 10.8. The molecule has 188 valence electrons. The molecule has 1 aliphatic heterocycles. The normalized spacial score (nSPS) is 15.6. The van der Waals surface area contributed by atoms with Crippen molar-refractivity contribution in [3.63, 3.8) is 0 Å². The standard InChI is InChI=1S/C29H27N3O4S/c1-34-22-11-9-21(10-12-22)31-29-32(15-14-20-18-30-24-7-5-4-6-23(20)24)28(33)27(37-29)17-19-8-13-25(35-2)26(16-19)36-3/h4-13,16-18,30H,14-15H2,1-3H3/b27-17+,31-29?. The number of rotatable bonds is 8. The van der Waals surface area contributed by atoms with Crippen LogP contribution < -0.4 is 14.2 Å². The van der Waals surface area contributed by atoms with E-state index in [1.54, 1.807) is 26.2 Å². The Morgan fingerprint density at radius 1 is 0.946 bits per heavy atom. The summed E-state index contributed by atoms with van der Waals surface area (Å²) in [6, 6.07) is 21.2. The Labute approximate surface area is 219 Å². The Bertz CT molecular complexity index is 1490. The molecule has 0 aliphatic carbocycles. The zero-order valence-electron chi connectivity index (χ0n) is 20.9. The van der Waals surface area contributed by atoms with Gasteiger partial charge in [0.25, 0.3) is 5.91 Å². The first-order valence-corrected chi connectivity index (χ1v) is 12.6. The second-order valence-electron chi connectivity index (χ2n) is 8.38. The molecular formula is C29H27N3O4S. The maximum atomic E-state index is 13.6. The molecule has 3 aromatic carbocycles. The zero-order valence-corrected chi connectivity index (χ0v) is 21.7. The molecule has 4 aromatic rings. The lowest BCUT2D eigenvalue weighted by molar-refractivity contribution is -0.122. The van der Waals surface area contributed by atoms with Gasteiger partial charge in [-0.1, -0.05) is 24.3 Å². The Morgan fingerprint density at radius 2 is 1.73 bits per heavy atom. The molecule has 2 heterocycles. The van der Waals surface area contributed by atoms with E-state index in [0.717, 1.165) is 33.5 Å². The topological polar surface area (TPSA) is 76.2 Å². The number of aliphatic imine (C=N–C) groups is 1. The molecule has 8 heteroatoms. The number of hydrogen-bond donors (Lipinski definition) is 1. The Balaban J connectivity index is 1.46. The van der Waals surface area contributed by atoms with E-state index in [9.17, 15) is 4.79 Å². The van der Waals surface area contributed by atoms with E-state index in [4.69, 9.17) is 19.2 Å². The third-order valence-corrected chi connectivity index (χ3v) is 7.18. The number of H-pyrrole nitrogens is 1. The van der Waals surface area contributed by atoms with Crippen molar-refractivity contribution in [1.29, 1.82) is 0 Å². The van der Waals surface area contributed by atoms with Crippen molar-refractivity contribution in [3.8, 4) is 17.2 Å². The number of amides is 1. The largest absolute Gasteiger partial charge is 0.497 e. The van der Waals surface area contributed by atoms with E-state index in [2.05, 4.69) is 17.1 Å². The smallest absolute Gasteiger partial charge is 0.266 e. The molecule has 1 amide bonds. The number of benzene rings is 3. The van der Waals surface area contributed by atoms with Gasteiger partial charge in [-0.25, -0.2) is 4.99 Å². The maximum Gasteiger partial charge on any atom is 0.266 e. The van der Waals surface area contributed by atoms with Crippen molar-refractivity contribution in [3.05, 3.63) is 89.0 Å². The number of carbonyl (C=O) groups is 1. The fourth-order valence-corrected chi connectivity index (χ4v) is 5.25. The monoisotopic (exact) mass is 513 g/mol. The average molecular weight is 514 g/mol. The molecule has 0 spiro atoms. The molecule has 0 bridgehead atoms. The molecule has 0 radical (unpaired) electrons. The summed E-state index contributed by atoms with van der Waals surface area (Å²) in [4.78, 5) is 24.1. The molecule has 1 fully saturated rings. The van der Waals surface area contributed by atoms with Gasteiger partial charge in [0.1, 0.15) is 5.75 Å². The number of fused-ring (bicyclic) bond motifs is 1. The van der Waals surface area contributed by atoms with E-state index in [1.165, 1.54) is 11.8 Å². The van der Waals surface area contributed by atoms with Gasteiger partial charge in [0, 0.05) is 23.6 Å². The summed E-state index contributed by atoms with van der Waals surface area (Å²) >= 11 is 1.37. The minimum absolute atomic E-state index is 0.0770. The van der Waals surface area contributed by atoms with Crippen LogP contribution in [0.15, 0.2) is 82.8 Å². The summed E-state index contributed by atoms with van der Waals surface area (Å²) in [5, 5.41) is 1.80. The van der Waals surface area contributed by atoms with Crippen LogP contribution in [0.4, 0.5) is 5.69 Å². The lowest BCUT2D eigenvalue weighted by Crippen LogP contribution is -2.31. The number of ether oxygens (including phenoxy) is 3. The lowest BCUT2D eigenvalue weighted by atomic mass is 10.1. The van der Waals surface area contributed by atoms with Gasteiger partial charge in [0.05, 0.1) is 31.9 Å². The van der Waals surface area contributed by atoms with E-state index in [-0.39, 0.29) is 5.91 Å². The van der Waals surface area contributed by atoms with E-state index >= 15 is 0 Å². The quantitative estimate of drug-likeness (QED) is 0.291. The molecule has 1 aromatic heterocycles. The van der Waals surface area contributed by atoms with Gasteiger partial charge in [-0.15, -0.1) is 0 Å². The van der Waals surface area contributed by atoms with Crippen molar-refractivity contribution >= 4 is 45.5 Å². The third-order valence-electron chi connectivity index (χ3n) is 6.17. The maximum absolute atomic E-state index is 13.6. The molecule has 1 saturated heterocycles. The first-order chi connectivity index (χ1) is 18.1. The molecule has 7 nitrogen and oxygen atoms in total. The number of hydrogen-bond acceptors (Lipinski definition) is 6. The van der Waals surface area contributed by atoms with Gasteiger partial charge in [-0.05, 0) is 77.9 Å². The highest BCUT2D eigenvalue weighted by atomic mass is 32.2. The highest BCUT2D eigenvalue weighted by Gasteiger charge is 2.33. The van der Waals surface area contributed by atoms with Crippen molar-refractivity contribution in [2.75, 3.05) is 27.9 Å². The van der Waals surface area contributed by atoms with Crippen molar-refractivity contribution in [1.82, 2.24) is 9.88 Å². The number of nitrogens with zero attached hydrogens (tertiary/aromatic N) is 2. The molecular weight excluding hydrogens is 486 g/mol. The second-order valence-corrected chi connectivity index (χ2v) is 9.39. The number of nitrogens with one attached hydrogen (secondary N) is 1. The van der Waals surface area contributed by atoms with Gasteiger partial charge in [-0.2, -0.15) is 0 Å². The number of carbonyl (C=O) groups excluding carboxylic acids is 1. The van der Waals surface area contributed by atoms with Gasteiger partial charge < -0.3 is 19.2 Å². The van der Waals surface area contributed by atoms with Crippen LogP contribution in [0, 0.1) is 0 Å². The number of methoxy groups -OCH3 is 3. The zero-order chi connectivity index (χ0) is 25.8. The highest BCUT2D eigenvalue weighted by molar-refractivity contribution is 8.18. The van der Waals surface area contributed by atoms with Gasteiger partial charge in [-0.3, -0.25) is 9.69 Å². The Morgan fingerprint density at radius 3 is 2.49 bits per heavy atom. The predicted octanol–water partition coefficient (Wildman–Crippen LogP) is 6.04. The van der Waals surface area contributed by atoms with Crippen LogP contribution >= 0.6 is 11.8 Å². The highest BCUT2D eigenvalue weighted by Crippen LogP contribution is 2.36. The van der Waals surface area contributed by atoms with Crippen LogP contribution in [0.5, 0.6) is 17.2 Å². The van der Waals surface area contributed by atoms with Gasteiger partial charge >= 0.3 is 0 Å². The number of aromatic amines is 1. The summed E-state index contributed by atoms with van der Waals surface area (Å²) in [5.74, 6) is 1.92. The minimum atomic E-state index is -0.0770. The number of amidine groups is 1. The summed E-state index contributed by atoms with van der Waals surface area (Å²) in [6.07, 6.45) is 4.57. The SMILES string of the molecule is COc1ccc(N=C2S/C(=C/c3ccc(OC)c(OC)c3)C(=O)N2CCc2c[nH]c3ccccc23)cc1. The first kappa shape index (κ1) is 24.5.